The molecule has 3 aliphatic rings. The van der Waals surface area contributed by atoms with Crippen molar-refractivity contribution in [2.24, 2.45) is 0 Å². The van der Waals surface area contributed by atoms with E-state index in [0.717, 1.165) is 70.6 Å². The fraction of sp³-hybridized carbons (Fsp3) is 0.889. The van der Waals surface area contributed by atoms with Gasteiger partial charge in [-0.1, -0.05) is 204 Å². The van der Waals surface area contributed by atoms with Crippen LogP contribution in [0.2, 0.25) is 0 Å². The first kappa shape index (κ1) is 74.3. The quantitative estimate of drug-likeness (QED) is 0.0218. The van der Waals surface area contributed by atoms with E-state index >= 15 is 0 Å². The summed E-state index contributed by atoms with van der Waals surface area (Å²) in [6, 6.07) is -0.891. The molecule has 3 fully saturated rings. The summed E-state index contributed by atoms with van der Waals surface area (Å²) in [5.74, 6) is -0.250. The first-order valence-corrected chi connectivity index (χ1v) is 32.2. The zero-order valence-electron chi connectivity index (χ0n) is 50.2. The van der Waals surface area contributed by atoms with Gasteiger partial charge in [-0.3, -0.25) is 4.79 Å². The lowest BCUT2D eigenvalue weighted by atomic mass is 9.96. The van der Waals surface area contributed by atoms with Crippen LogP contribution in [0.4, 0.5) is 0 Å². The van der Waals surface area contributed by atoms with Crippen LogP contribution in [0, 0.1) is 0 Å². The van der Waals surface area contributed by atoms with Crippen LogP contribution in [0.3, 0.4) is 0 Å². The van der Waals surface area contributed by atoms with E-state index in [1.54, 1.807) is 0 Å². The Hall–Kier alpha value is -1.99. The predicted octanol–water partition coefficient (Wildman–Crippen LogP) is 6.88. The average Bonchev–Trinajstić information content (AvgIpc) is 3.14. The summed E-state index contributed by atoms with van der Waals surface area (Å²) in [5.41, 5.74) is 0. The van der Waals surface area contributed by atoms with Crippen molar-refractivity contribution in [1.82, 2.24) is 5.32 Å². The lowest BCUT2D eigenvalue weighted by Gasteiger charge is -2.48. The van der Waals surface area contributed by atoms with E-state index in [1.165, 1.54) is 122 Å². The van der Waals surface area contributed by atoms with E-state index in [9.17, 15) is 61.0 Å². The first-order valence-electron chi connectivity index (χ1n) is 32.2. The van der Waals surface area contributed by atoms with E-state index in [-0.39, 0.29) is 18.9 Å². The number of ether oxygens (including phenoxy) is 6. The van der Waals surface area contributed by atoms with Crippen LogP contribution >= 0.6 is 0 Å². The second-order valence-corrected chi connectivity index (χ2v) is 23.2. The molecule has 12 N–H and O–H groups in total. The molecule has 0 aromatic rings. The lowest BCUT2D eigenvalue weighted by Crippen LogP contribution is -2.66. The molecule has 0 saturated carbocycles. The van der Waals surface area contributed by atoms with E-state index in [2.05, 4.69) is 55.6 Å². The highest BCUT2D eigenvalue weighted by atomic mass is 16.8. The van der Waals surface area contributed by atoms with Crippen molar-refractivity contribution in [3.05, 3.63) is 36.5 Å². The van der Waals surface area contributed by atoms with Crippen molar-refractivity contribution in [3.8, 4) is 0 Å². The number of allylic oxidation sites excluding steroid dienone is 6. The molecular weight excluding hydrogens is 1060 g/mol. The number of aliphatic hydroxyl groups is 11. The summed E-state index contributed by atoms with van der Waals surface area (Å²) in [6.45, 7) is 1.77. The van der Waals surface area contributed by atoms with Crippen LogP contribution in [0.15, 0.2) is 36.5 Å². The Kier molecular flexibility index (Phi) is 41.8. The van der Waals surface area contributed by atoms with Crippen LogP contribution in [-0.4, -0.2) is 193 Å². The number of aliphatic hydroxyl groups excluding tert-OH is 11. The van der Waals surface area contributed by atoms with Crippen LogP contribution in [-0.2, 0) is 33.2 Å². The molecule has 3 rings (SSSR count). The van der Waals surface area contributed by atoms with Crippen molar-refractivity contribution in [2.75, 3.05) is 26.4 Å². The maximum absolute atomic E-state index is 13.4. The second kappa shape index (κ2) is 46.2. The van der Waals surface area contributed by atoms with E-state index < -0.39 is 124 Å². The third kappa shape index (κ3) is 29.1. The number of nitrogens with one attached hydrogen (secondary N) is 1. The molecule has 0 aromatic carbocycles. The molecule has 82 heavy (non-hydrogen) atoms. The molecule has 3 aliphatic heterocycles. The molecule has 0 aromatic heterocycles. The molecule has 1 amide bonds. The number of hydrogen-bond acceptors (Lipinski definition) is 18. The standard InChI is InChI=1S/C63H115NO18/c1-3-5-7-9-11-13-15-17-19-20-21-22-23-24-25-26-27-29-31-33-35-37-39-41-51(69)64-46(47(68)40-38-36-34-32-30-28-18-16-14-12-10-8-6-4-2)45-77-61-57(75)54(72)59(49(43-66)79-61)82-63-58(76)55(73)60(50(44-67)80-63)81-62-56(74)53(71)52(70)48(42-65)78-62/h15,17,20-21,23-24,46-50,52-63,65-68,70-76H,3-14,16,18-19,22,25-45H2,1-2H3,(H,64,69)/b17-15-,21-20-,24-23-. The van der Waals surface area contributed by atoms with Crippen LogP contribution in [0.1, 0.15) is 226 Å². The highest BCUT2D eigenvalue weighted by molar-refractivity contribution is 5.76. The Morgan fingerprint density at radius 3 is 1.26 bits per heavy atom. The average molecular weight is 1170 g/mol. The van der Waals surface area contributed by atoms with Gasteiger partial charge >= 0.3 is 0 Å². The van der Waals surface area contributed by atoms with Crippen LogP contribution in [0.25, 0.3) is 0 Å². The minimum Gasteiger partial charge on any atom is -0.394 e. The molecule has 480 valence electrons. The Morgan fingerprint density at radius 2 is 0.805 bits per heavy atom. The molecule has 19 heteroatoms. The van der Waals surface area contributed by atoms with Gasteiger partial charge in [0.2, 0.25) is 5.91 Å². The van der Waals surface area contributed by atoms with Crippen molar-refractivity contribution >= 4 is 5.91 Å². The maximum Gasteiger partial charge on any atom is 0.220 e. The fourth-order valence-corrected chi connectivity index (χ4v) is 10.9. The minimum absolute atomic E-state index is 0.250. The van der Waals surface area contributed by atoms with Gasteiger partial charge in [-0.15, -0.1) is 0 Å². The summed E-state index contributed by atoms with van der Waals surface area (Å²) in [7, 11) is 0. The fourth-order valence-electron chi connectivity index (χ4n) is 10.9. The summed E-state index contributed by atoms with van der Waals surface area (Å²) in [6.07, 6.45) is 23.6. The molecule has 0 aliphatic carbocycles. The molecule has 0 bridgehead atoms. The molecule has 19 nitrogen and oxygen atoms in total. The van der Waals surface area contributed by atoms with Gasteiger partial charge in [-0.2, -0.15) is 0 Å². The summed E-state index contributed by atoms with van der Waals surface area (Å²) >= 11 is 0. The van der Waals surface area contributed by atoms with E-state index in [1.807, 2.05) is 0 Å². The van der Waals surface area contributed by atoms with E-state index in [4.69, 9.17) is 28.4 Å². The molecule has 0 radical (unpaired) electrons. The summed E-state index contributed by atoms with van der Waals surface area (Å²) < 4.78 is 34.3. The van der Waals surface area contributed by atoms with Crippen molar-refractivity contribution < 1.29 is 89.4 Å². The molecular formula is C63H115NO18. The van der Waals surface area contributed by atoms with Crippen molar-refractivity contribution in [1.29, 1.82) is 0 Å². The van der Waals surface area contributed by atoms with Crippen molar-refractivity contribution in [2.45, 2.75) is 330 Å². The number of unbranched alkanes of at least 4 members (excludes halogenated alkanes) is 26. The molecule has 3 saturated heterocycles. The monoisotopic (exact) mass is 1170 g/mol. The van der Waals surface area contributed by atoms with Gasteiger partial charge in [-0.25, -0.2) is 0 Å². The Labute approximate surface area is 491 Å². The van der Waals surface area contributed by atoms with Gasteiger partial charge in [0, 0.05) is 6.42 Å². The van der Waals surface area contributed by atoms with Gasteiger partial charge in [-0.05, 0) is 51.4 Å². The number of rotatable bonds is 48. The third-order valence-electron chi connectivity index (χ3n) is 16.2. The van der Waals surface area contributed by atoms with Gasteiger partial charge in [0.1, 0.15) is 73.2 Å². The van der Waals surface area contributed by atoms with Crippen LogP contribution < -0.4 is 5.32 Å². The topological polar surface area (TPSA) is 307 Å². The smallest absolute Gasteiger partial charge is 0.220 e. The zero-order valence-corrected chi connectivity index (χ0v) is 50.2. The Bertz CT molecular complexity index is 1640. The number of amides is 1. The normalized spacial score (nSPS) is 29.8. The molecule has 0 spiro atoms. The molecule has 17 unspecified atom stereocenters. The highest BCUT2D eigenvalue weighted by Gasteiger charge is 2.53. The predicted molar refractivity (Wildman–Crippen MR) is 314 cm³/mol. The SMILES string of the molecule is CCCCCCC/C=C\C/C=C\C/C=C\CCCCCCCCCCC(=O)NC(COC1OC(CO)C(OC2OC(CO)C(OC3OC(CO)C(O)C(O)C3O)C(O)C2O)C(O)C1O)C(O)CCCCCCCCCCCCCCCC. The number of hydrogen-bond donors (Lipinski definition) is 12. The summed E-state index contributed by atoms with van der Waals surface area (Å²) in [5, 5.41) is 120. The number of carbonyl (C=O) groups is 1. The largest absolute Gasteiger partial charge is 0.394 e. The van der Waals surface area contributed by atoms with Gasteiger partial charge in [0.25, 0.3) is 0 Å². The Balaban J connectivity index is 1.46. The highest BCUT2D eigenvalue weighted by Crippen LogP contribution is 2.33. The van der Waals surface area contributed by atoms with Crippen LogP contribution in [0.5, 0.6) is 0 Å². The lowest BCUT2D eigenvalue weighted by molar-refractivity contribution is -0.379. The zero-order chi connectivity index (χ0) is 59.7. The van der Waals surface area contributed by atoms with Gasteiger partial charge in [0.15, 0.2) is 18.9 Å². The molecule has 3 heterocycles. The van der Waals surface area contributed by atoms with E-state index in [0.29, 0.717) is 12.8 Å². The number of carbonyl (C=O) groups excluding carboxylic acids is 1. The maximum atomic E-state index is 13.4. The Morgan fingerprint density at radius 1 is 0.439 bits per heavy atom. The first-order chi connectivity index (χ1) is 39.8. The van der Waals surface area contributed by atoms with Gasteiger partial charge in [0.05, 0.1) is 38.6 Å². The van der Waals surface area contributed by atoms with Crippen molar-refractivity contribution in [3.63, 3.8) is 0 Å². The molecule has 17 atom stereocenters. The summed E-state index contributed by atoms with van der Waals surface area (Å²) in [4.78, 5) is 13.4. The minimum atomic E-state index is -1.97. The van der Waals surface area contributed by atoms with Gasteiger partial charge < -0.3 is 89.9 Å². The second-order valence-electron chi connectivity index (χ2n) is 23.2. The third-order valence-corrected chi connectivity index (χ3v) is 16.2.